The SMILES string of the molecule is CN1CCC(N(C)C2(C#N)CC2)CC1. The third kappa shape index (κ3) is 1.65. The number of rotatable bonds is 2. The van der Waals surface area contributed by atoms with Gasteiger partial charge >= 0.3 is 0 Å². The fraction of sp³-hybridized carbons (Fsp3) is 0.909. The lowest BCUT2D eigenvalue weighted by atomic mass is 10.0. The summed E-state index contributed by atoms with van der Waals surface area (Å²) in [6.07, 6.45) is 4.59. The molecule has 0 radical (unpaired) electrons. The highest BCUT2D eigenvalue weighted by Gasteiger charge is 2.49. The van der Waals surface area contributed by atoms with Gasteiger partial charge in [-0.15, -0.1) is 0 Å². The molecular weight excluding hydrogens is 174 g/mol. The van der Waals surface area contributed by atoms with Gasteiger partial charge in [-0.25, -0.2) is 0 Å². The fourth-order valence-electron chi connectivity index (χ4n) is 2.39. The molecule has 1 saturated heterocycles. The molecule has 2 aliphatic rings. The Labute approximate surface area is 86.3 Å². The number of piperidine rings is 1. The lowest BCUT2D eigenvalue weighted by Gasteiger charge is -2.37. The third-order valence-electron chi connectivity index (χ3n) is 3.84. The molecule has 1 heterocycles. The predicted octanol–water partition coefficient (Wildman–Crippen LogP) is 1.07. The van der Waals surface area contributed by atoms with E-state index in [1.807, 2.05) is 0 Å². The minimum absolute atomic E-state index is 0.0828. The minimum atomic E-state index is -0.0828. The lowest BCUT2D eigenvalue weighted by molar-refractivity contribution is 0.117. The van der Waals surface area contributed by atoms with E-state index < -0.39 is 0 Å². The summed E-state index contributed by atoms with van der Waals surface area (Å²) in [4.78, 5) is 4.70. The second-order valence-corrected chi connectivity index (χ2v) is 4.79. The van der Waals surface area contributed by atoms with E-state index in [-0.39, 0.29) is 5.54 Å². The summed E-state index contributed by atoms with van der Waals surface area (Å²) in [6.45, 7) is 2.35. The Morgan fingerprint density at radius 2 is 1.93 bits per heavy atom. The van der Waals surface area contributed by atoms with Gasteiger partial charge in [0.25, 0.3) is 0 Å². The van der Waals surface area contributed by atoms with Crippen molar-refractivity contribution in [2.24, 2.45) is 0 Å². The molecule has 0 aromatic heterocycles. The first kappa shape index (κ1) is 9.95. The Bertz CT molecular complexity index is 244. The summed E-state index contributed by atoms with van der Waals surface area (Å²) in [5.74, 6) is 0. The summed E-state index contributed by atoms with van der Waals surface area (Å²) in [7, 11) is 4.31. The fourth-order valence-corrected chi connectivity index (χ4v) is 2.39. The number of nitrogens with zero attached hydrogens (tertiary/aromatic N) is 3. The van der Waals surface area contributed by atoms with Crippen LogP contribution in [0.4, 0.5) is 0 Å². The van der Waals surface area contributed by atoms with Crippen LogP contribution in [0.5, 0.6) is 0 Å². The summed E-state index contributed by atoms with van der Waals surface area (Å²) in [5, 5.41) is 9.11. The highest BCUT2D eigenvalue weighted by molar-refractivity contribution is 5.19. The Kier molecular flexibility index (Phi) is 2.50. The van der Waals surface area contributed by atoms with E-state index in [2.05, 4.69) is 30.0 Å². The molecule has 2 rings (SSSR count). The molecule has 1 saturated carbocycles. The van der Waals surface area contributed by atoms with E-state index in [1.165, 1.54) is 25.9 Å². The van der Waals surface area contributed by atoms with Crippen molar-refractivity contribution in [1.29, 1.82) is 5.26 Å². The van der Waals surface area contributed by atoms with Gasteiger partial charge in [0.1, 0.15) is 5.54 Å². The zero-order chi connectivity index (χ0) is 10.2. The van der Waals surface area contributed by atoms with Crippen molar-refractivity contribution >= 4 is 0 Å². The molecule has 1 aliphatic carbocycles. The number of hydrogen-bond acceptors (Lipinski definition) is 3. The van der Waals surface area contributed by atoms with Crippen molar-refractivity contribution in [1.82, 2.24) is 9.80 Å². The molecule has 0 N–H and O–H groups in total. The van der Waals surface area contributed by atoms with Gasteiger partial charge in [0.2, 0.25) is 0 Å². The van der Waals surface area contributed by atoms with Gasteiger partial charge in [-0.2, -0.15) is 5.26 Å². The molecule has 3 heteroatoms. The molecule has 0 bridgehead atoms. The molecule has 2 fully saturated rings. The van der Waals surface area contributed by atoms with Crippen LogP contribution < -0.4 is 0 Å². The van der Waals surface area contributed by atoms with E-state index in [1.54, 1.807) is 0 Å². The van der Waals surface area contributed by atoms with Crippen LogP contribution in [0.2, 0.25) is 0 Å². The standard InChI is InChI=1S/C11H19N3/c1-13-7-3-10(4-8-13)14(2)11(9-12)5-6-11/h10H,3-8H2,1-2H3. The van der Waals surface area contributed by atoms with Crippen molar-refractivity contribution in [3.63, 3.8) is 0 Å². The van der Waals surface area contributed by atoms with Gasteiger partial charge in [0.15, 0.2) is 0 Å². The molecular formula is C11H19N3. The van der Waals surface area contributed by atoms with Gasteiger partial charge < -0.3 is 4.90 Å². The van der Waals surface area contributed by atoms with E-state index >= 15 is 0 Å². The van der Waals surface area contributed by atoms with E-state index in [0.29, 0.717) is 6.04 Å². The maximum Gasteiger partial charge on any atom is 0.109 e. The highest BCUT2D eigenvalue weighted by Crippen LogP contribution is 2.42. The predicted molar refractivity (Wildman–Crippen MR) is 55.9 cm³/mol. The molecule has 0 spiro atoms. The van der Waals surface area contributed by atoms with Crippen LogP contribution in [0.15, 0.2) is 0 Å². The maximum atomic E-state index is 9.11. The van der Waals surface area contributed by atoms with Crippen molar-refractivity contribution in [2.45, 2.75) is 37.3 Å². The summed E-state index contributed by atoms with van der Waals surface area (Å²) in [6, 6.07) is 3.11. The van der Waals surface area contributed by atoms with E-state index in [0.717, 1.165) is 12.8 Å². The molecule has 0 aromatic carbocycles. The van der Waals surface area contributed by atoms with Gasteiger partial charge in [0, 0.05) is 6.04 Å². The van der Waals surface area contributed by atoms with Crippen LogP contribution >= 0.6 is 0 Å². The highest BCUT2D eigenvalue weighted by atomic mass is 15.2. The molecule has 3 nitrogen and oxygen atoms in total. The van der Waals surface area contributed by atoms with Gasteiger partial charge in [-0.3, -0.25) is 4.90 Å². The van der Waals surface area contributed by atoms with Crippen LogP contribution in [0.25, 0.3) is 0 Å². The van der Waals surface area contributed by atoms with Gasteiger partial charge in [-0.1, -0.05) is 0 Å². The van der Waals surface area contributed by atoms with E-state index in [4.69, 9.17) is 5.26 Å². The number of likely N-dealkylation sites (tertiary alicyclic amines) is 1. The van der Waals surface area contributed by atoms with Crippen molar-refractivity contribution < 1.29 is 0 Å². The smallest absolute Gasteiger partial charge is 0.109 e. The zero-order valence-corrected chi connectivity index (χ0v) is 9.16. The second-order valence-electron chi connectivity index (χ2n) is 4.79. The first-order chi connectivity index (χ1) is 6.68. The van der Waals surface area contributed by atoms with Gasteiger partial charge in [-0.05, 0) is 52.9 Å². The Balaban J connectivity index is 1.93. The molecule has 1 aliphatic heterocycles. The van der Waals surface area contributed by atoms with Crippen LogP contribution in [0, 0.1) is 11.3 Å². The largest absolute Gasteiger partial charge is 0.306 e. The molecule has 14 heavy (non-hydrogen) atoms. The average Bonchev–Trinajstić information content (AvgIpc) is 2.99. The maximum absolute atomic E-state index is 9.11. The topological polar surface area (TPSA) is 30.3 Å². The summed E-state index contributed by atoms with van der Waals surface area (Å²) >= 11 is 0. The molecule has 0 atom stereocenters. The quantitative estimate of drug-likeness (QED) is 0.657. The molecule has 0 aromatic rings. The minimum Gasteiger partial charge on any atom is -0.306 e. The first-order valence-electron chi connectivity index (χ1n) is 5.51. The Hall–Kier alpha value is -0.590. The number of hydrogen-bond donors (Lipinski definition) is 0. The average molecular weight is 193 g/mol. The lowest BCUT2D eigenvalue weighted by Crippen LogP contribution is -2.47. The zero-order valence-electron chi connectivity index (χ0n) is 9.16. The van der Waals surface area contributed by atoms with E-state index in [9.17, 15) is 0 Å². The van der Waals surface area contributed by atoms with Crippen molar-refractivity contribution in [3.8, 4) is 6.07 Å². The normalized spacial score (nSPS) is 27.6. The monoisotopic (exact) mass is 193 g/mol. The van der Waals surface area contributed by atoms with Crippen LogP contribution in [-0.4, -0.2) is 48.6 Å². The van der Waals surface area contributed by atoms with Crippen LogP contribution in [0.1, 0.15) is 25.7 Å². The number of nitriles is 1. The molecule has 0 amide bonds. The van der Waals surface area contributed by atoms with Crippen molar-refractivity contribution in [2.75, 3.05) is 27.2 Å². The molecule has 0 unspecified atom stereocenters. The van der Waals surface area contributed by atoms with Crippen molar-refractivity contribution in [3.05, 3.63) is 0 Å². The second kappa shape index (κ2) is 3.52. The third-order valence-corrected chi connectivity index (χ3v) is 3.84. The summed E-state index contributed by atoms with van der Waals surface area (Å²) in [5.41, 5.74) is -0.0828. The Morgan fingerprint density at radius 3 is 2.36 bits per heavy atom. The first-order valence-corrected chi connectivity index (χ1v) is 5.51. The van der Waals surface area contributed by atoms with Gasteiger partial charge in [0.05, 0.1) is 6.07 Å². The molecule has 78 valence electrons. The Morgan fingerprint density at radius 1 is 1.36 bits per heavy atom. The van der Waals surface area contributed by atoms with Crippen LogP contribution in [-0.2, 0) is 0 Å². The van der Waals surface area contributed by atoms with Crippen LogP contribution in [0.3, 0.4) is 0 Å². The summed E-state index contributed by atoms with van der Waals surface area (Å²) < 4.78 is 0.